The van der Waals surface area contributed by atoms with Crippen LogP contribution in [0.1, 0.15) is 34.3 Å². The molecule has 0 radical (unpaired) electrons. The number of aromatic nitrogens is 2. The molecule has 1 aromatic heterocycles. The zero-order valence-electron chi connectivity index (χ0n) is 22.8. The highest BCUT2D eigenvalue weighted by molar-refractivity contribution is 7.92. The minimum Gasteiger partial charge on any atom is -0.471 e. The molecule has 0 aliphatic carbocycles. The Hall–Kier alpha value is -3.34. The molecule has 0 spiro atoms. The first kappa shape index (κ1) is 27.2. The zero-order valence-corrected chi connectivity index (χ0v) is 23.6. The van der Waals surface area contributed by atoms with Crippen LogP contribution >= 0.6 is 0 Å². The predicted octanol–water partition coefficient (Wildman–Crippen LogP) is 3.78. The number of hydrogen-bond donors (Lipinski definition) is 1. The van der Waals surface area contributed by atoms with Gasteiger partial charge in [0, 0.05) is 30.3 Å². The first-order valence-electron chi connectivity index (χ1n) is 13.2. The molecule has 39 heavy (non-hydrogen) atoms. The fourth-order valence-corrected chi connectivity index (χ4v) is 7.03. The Morgan fingerprint density at radius 3 is 2.51 bits per heavy atom. The summed E-state index contributed by atoms with van der Waals surface area (Å²) < 4.78 is 35.6. The lowest BCUT2D eigenvalue weighted by Crippen LogP contribution is -2.61. The molecule has 2 aliphatic rings. The van der Waals surface area contributed by atoms with Crippen molar-refractivity contribution in [1.82, 2.24) is 19.8 Å². The Labute approximate surface area is 230 Å². The molecule has 1 N–H and O–H groups in total. The molecule has 206 valence electrons. The topological polar surface area (TPSA) is 105 Å². The monoisotopic (exact) mass is 549 g/mol. The number of hydrogen-bond acceptors (Lipinski definition) is 8. The molecule has 3 heterocycles. The Bertz CT molecular complexity index is 1460. The smallest absolute Gasteiger partial charge is 0.264 e. The van der Waals surface area contributed by atoms with Crippen LogP contribution < -0.4 is 9.46 Å². The molecular weight excluding hydrogens is 514 g/mol. The number of aryl methyl sites for hydroxylation is 2. The Morgan fingerprint density at radius 2 is 1.77 bits per heavy atom. The van der Waals surface area contributed by atoms with E-state index in [4.69, 9.17) is 4.74 Å². The summed E-state index contributed by atoms with van der Waals surface area (Å²) in [5.41, 5.74) is 3.77. The van der Waals surface area contributed by atoms with E-state index in [-0.39, 0.29) is 28.6 Å². The van der Waals surface area contributed by atoms with Crippen LogP contribution in [0, 0.1) is 19.8 Å². The number of sulfonamides is 1. The largest absolute Gasteiger partial charge is 0.471 e. The van der Waals surface area contributed by atoms with Gasteiger partial charge in [-0.2, -0.15) is 4.98 Å². The second-order valence-corrected chi connectivity index (χ2v) is 12.4. The summed E-state index contributed by atoms with van der Waals surface area (Å²) in [6.07, 6.45) is 2.80. The molecule has 0 bridgehead atoms. The number of fused-ring (bicyclic) bond motifs is 1. The highest BCUT2D eigenvalue weighted by Crippen LogP contribution is 2.34. The maximum Gasteiger partial charge on any atom is 0.264 e. The molecule has 9 nitrogen and oxygen atoms in total. The molecular formula is C29H35N5O4S. The van der Waals surface area contributed by atoms with Gasteiger partial charge in [0.25, 0.3) is 10.0 Å². The second-order valence-electron chi connectivity index (χ2n) is 10.7. The van der Waals surface area contributed by atoms with Crippen LogP contribution in [0.5, 0.6) is 5.88 Å². The van der Waals surface area contributed by atoms with Crippen molar-refractivity contribution < 1.29 is 17.9 Å². The minimum absolute atomic E-state index is 0.0452. The second kappa shape index (κ2) is 11.0. The molecule has 3 atom stereocenters. The van der Waals surface area contributed by atoms with E-state index < -0.39 is 10.0 Å². The molecule has 2 aromatic carbocycles. The molecule has 0 saturated carbocycles. The third-order valence-corrected chi connectivity index (χ3v) is 9.06. The molecule has 2 aliphatic heterocycles. The maximum absolute atomic E-state index is 13.3. The van der Waals surface area contributed by atoms with Crippen molar-refractivity contribution >= 4 is 22.3 Å². The number of benzene rings is 2. The van der Waals surface area contributed by atoms with Gasteiger partial charge in [-0.1, -0.05) is 30.3 Å². The fraction of sp³-hybridized carbons (Fsp3) is 0.414. The van der Waals surface area contributed by atoms with Crippen LogP contribution in [0.4, 0.5) is 5.95 Å². The SMILES string of the molecule is Cc1cccc(C)c1-c1cc(O[C@H]2CN(C)CC3CCCN(C)C32)nc(NS(=O)(=O)c2cccc(C=O)c2)n1. The number of nitrogens with one attached hydrogen (secondary N) is 1. The van der Waals surface area contributed by atoms with Gasteiger partial charge in [0.15, 0.2) is 0 Å². The average molecular weight is 550 g/mol. The number of carbonyl (C=O) groups is 1. The van der Waals surface area contributed by atoms with Crippen LogP contribution in [0.2, 0.25) is 0 Å². The number of likely N-dealkylation sites (N-methyl/N-ethyl adjacent to an activating group) is 2. The van der Waals surface area contributed by atoms with Crippen LogP contribution in [0.3, 0.4) is 0 Å². The van der Waals surface area contributed by atoms with E-state index in [2.05, 4.69) is 38.6 Å². The number of rotatable bonds is 7. The van der Waals surface area contributed by atoms with Gasteiger partial charge in [-0.3, -0.25) is 9.69 Å². The number of likely N-dealkylation sites (tertiary alicyclic amines) is 2. The predicted molar refractivity (Wildman–Crippen MR) is 151 cm³/mol. The number of piperidine rings is 2. The van der Waals surface area contributed by atoms with Gasteiger partial charge in [-0.25, -0.2) is 18.1 Å². The molecule has 3 aromatic rings. The Balaban J connectivity index is 1.55. The normalized spacial score (nSPS) is 22.2. The third-order valence-electron chi connectivity index (χ3n) is 7.74. The summed E-state index contributed by atoms with van der Waals surface area (Å²) in [6, 6.07) is 13.8. The maximum atomic E-state index is 13.3. The van der Waals surface area contributed by atoms with Gasteiger partial charge in [-0.05, 0) is 76.5 Å². The van der Waals surface area contributed by atoms with Crippen molar-refractivity contribution in [3.63, 3.8) is 0 Å². The van der Waals surface area contributed by atoms with Crippen LogP contribution in [0.25, 0.3) is 11.3 Å². The van der Waals surface area contributed by atoms with E-state index in [1.165, 1.54) is 24.6 Å². The zero-order chi connectivity index (χ0) is 27.7. The minimum atomic E-state index is -4.06. The lowest BCUT2D eigenvalue weighted by atomic mass is 9.82. The number of anilines is 1. The first-order chi connectivity index (χ1) is 18.6. The highest BCUT2D eigenvalue weighted by atomic mass is 32.2. The molecule has 2 unspecified atom stereocenters. The summed E-state index contributed by atoms with van der Waals surface area (Å²) in [7, 11) is 0.196. The van der Waals surface area contributed by atoms with Gasteiger partial charge in [0.05, 0.1) is 16.6 Å². The molecule has 5 rings (SSSR count). The number of aldehydes is 1. The van der Waals surface area contributed by atoms with E-state index in [0.29, 0.717) is 23.8 Å². The molecule has 0 amide bonds. The molecule has 2 fully saturated rings. The van der Waals surface area contributed by atoms with Crippen molar-refractivity contribution in [1.29, 1.82) is 0 Å². The van der Waals surface area contributed by atoms with Gasteiger partial charge >= 0.3 is 0 Å². The average Bonchev–Trinajstić information content (AvgIpc) is 2.88. The third kappa shape index (κ3) is 5.83. The van der Waals surface area contributed by atoms with Crippen LogP contribution in [0.15, 0.2) is 53.4 Å². The summed E-state index contributed by atoms with van der Waals surface area (Å²) in [5, 5.41) is 0. The van der Waals surface area contributed by atoms with E-state index in [1.54, 1.807) is 12.1 Å². The van der Waals surface area contributed by atoms with Crippen LogP contribution in [-0.2, 0) is 10.0 Å². The van der Waals surface area contributed by atoms with Gasteiger partial charge in [0.1, 0.15) is 12.4 Å². The van der Waals surface area contributed by atoms with E-state index in [1.807, 2.05) is 32.0 Å². The summed E-state index contributed by atoms with van der Waals surface area (Å²) in [5.74, 6) is 0.731. The van der Waals surface area contributed by atoms with E-state index >= 15 is 0 Å². The first-order valence-corrected chi connectivity index (χ1v) is 14.7. The Morgan fingerprint density at radius 1 is 1.03 bits per heavy atom. The van der Waals surface area contributed by atoms with Crippen molar-refractivity contribution in [2.75, 3.05) is 38.5 Å². The van der Waals surface area contributed by atoms with Gasteiger partial charge < -0.3 is 9.64 Å². The number of nitrogens with zero attached hydrogens (tertiary/aromatic N) is 4. The van der Waals surface area contributed by atoms with Crippen molar-refractivity contribution in [2.45, 2.75) is 43.7 Å². The van der Waals surface area contributed by atoms with E-state index in [0.717, 1.165) is 42.7 Å². The molecule has 2 saturated heterocycles. The van der Waals surface area contributed by atoms with Crippen LogP contribution in [-0.4, -0.2) is 80.3 Å². The lowest BCUT2D eigenvalue weighted by molar-refractivity contribution is -0.0395. The van der Waals surface area contributed by atoms with Gasteiger partial charge in [0.2, 0.25) is 11.8 Å². The summed E-state index contributed by atoms with van der Waals surface area (Å²) in [4.78, 5) is 25.0. The van der Waals surface area contributed by atoms with E-state index in [9.17, 15) is 13.2 Å². The summed E-state index contributed by atoms with van der Waals surface area (Å²) in [6.45, 7) is 6.78. The standard InChI is InChI=1S/C29H35N5O4S/c1-19-8-5-9-20(2)27(19)24-15-26(38-25-17-33(3)16-22-11-7-13-34(4)28(22)25)31-29(30-24)32-39(36,37)23-12-6-10-21(14-23)18-35/h5-6,8-10,12,14-15,18,22,25,28H,7,11,13,16-17H2,1-4H3,(H,30,31,32)/t22?,25-,28?/m0/s1. The molecule has 10 heteroatoms. The quantitative estimate of drug-likeness (QED) is 0.444. The highest BCUT2D eigenvalue weighted by Gasteiger charge is 2.41. The lowest BCUT2D eigenvalue weighted by Gasteiger charge is -2.48. The number of ether oxygens (including phenoxy) is 1. The number of carbonyl (C=O) groups excluding carboxylic acids is 1. The van der Waals surface area contributed by atoms with Crippen molar-refractivity contribution in [3.05, 3.63) is 65.2 Å². The van der Waals surface area contributed by atoms with Crippen molar-refractivity contribution in [2.24, 2.45) is 5.92 Å². The summed E-state index contributed by atoms with van der Waals surface area (Å²) >= 11 is 0. The van der Waals surface area contributed by atoms with Gasteiger partial charge in [-0.15, -0.1) is 0 Å². The van der Waals surface area contributed by atoms with Crippen molar-refractivity contribution in [3.8, 4) is 17.1 Å². The fourth-order valence-electron chi connectivity index (χ4n) is 6.03. The Kier molecular flexibility index (Phi) is 7.70.